The van der Waals surface area contributed by atoms with Gasteiger partial charge in [-0.2, -0.15) is 5.10 Å². The van der Waals surface area contributed by atoms with E-state index in [1.165, 1.54) is 10.6 Å². The summed E-state index contributed by atoms with van der Waals surface area (Å²) in [6.07, 6.45) is 2.60. The van der Waals surface area contributed by atoms with Crippen LogP contribution in [0.2, 0.25) is 0 Å². The van der Waals surface area contributed by atoms with E-state index in [1.54, 1.807) is 0 Å². The Morgan fingerprint density at radius 2 is 1.96 bits per heavy atom. The molecule has 0 saturated carbocycles. The highest BCUT2D eigenvalue weighted by Crippen LogP contribution is 2.20. The molecule has 1 atom stereocenters. The Hall–Kier alpha value is -2.19. The van der Waals surface area contributed by atoms with Crippen molar-refractivity contribution < 1.29 is 13.2 Å². The molecule has 1 unspecified atom stereocenters. The van der Waals surface area contributed by atoms with E-state index in [2.05, 4.69) is 10.4 Å². The van der Waals surface area contributed by atoms with Crippen LogP contribution in [0, 0.1) is 19.8 Å². The topological polar surface area (TPSA) is 84.3 Å². The van der Waals surface area contributed by atoms with Crippen molar-refractivity contribution in [1.82, 2.24) is 19.4 Å². The SMILES string of the molecule is Cc1nn(-c2ccccc2)c(C)c1CNC(=O)C1CCCN(S(C)(=O)=O)C1. The zero-order valence-electron chi connectivity index (χ0n) is 16.0. The number of aryl methyl sites for hydroxylation is 1. The van der Waals surface area contributed by atoms with E-state index >= 15 is 0 Å². The molecule has 0 radical (unpaired) electrons. The smallest absolute Gasteiger partial charge is 0.224 e. The summed E-state index contributed by atoms with van der Waals surface area (Å²) in [4.78, 5) is 12.6. The quantitative estimate of drug-likeness (QED) is 0.843. The van der Waals surface area contributed by atoms with Crippen LogP contribution in [0.15, 0.2) is 30.3 Å². The number of carbonyl (C=O) groups excluding carboxylic acids is 1. The van der Waals surface area contributed by atoms with Crippen LogP contribution in [0.1, 0.15) is 29.8 Å². The van der Waals surface area contributed by atoms with Crippen LogP contribution in [0.3, 0.4) is 0 Å². The maximum Gasteiger partial charge on any atom is 0.224 e. The molecule has 0 bridgehead atoms. The fraction of sp³-hybridized carbons (Fsp3) is 0.474. The molecule has 3 rings (SSSR count). The van der Waals surface area contributed by atoms with Gasteiger partial charge in [0.15, 0.2) is 0 Å². The molecule has 2 aromatic rings. The van der Waals surface area contributed by atoms with E-state index in [0.29, 0.717) is 25.9 Å². The van der Waals surface area contributed by atoms with Crippen LogP contribution in [-0.4, -0.2) is 47.8 Å². The van der Waals surface area contributed by atoms with Crippen LogP contribution in [0.5, 0.6) is 0 Å². The van der Waals surface area contributed by atoms with Gasteiger partial charge in [0.1, 0.15) is 0 Å². The van der Waals surface area contributed by atoms with Crippen molar-refractivity contribution >= 4 is 15.9 Å². The van der Waals surface area contributed by atoms with Crippen molar-refractivity contribution in [2.75, 3.05) is 19.3 Å². The molecule has 27 heavy (non-hydrogen) atoms. The van der Waals surface area contributed by atoms with Crippen LogP contribution in [0.4, 0.5) is 0 Å². The highest BCUT2D eigenvalue weighted by molar-refractivity contribution is 7.88. The molecule has 1 aliphatic rings. The average molecular weight is 391 g/mol. The predicted octanol–water partition coefficient (Wildman–Crippen LogP) is 1.78. The number of sulfonamides is 1. The fourth-order valence-corrected chi connectivity index (χ4v) is 4.44. The van der Waals surface area contributed by atoms with Crippen molar-refractivity contribution in [3.05, 3.63) is 47.3 Å². The molecule has 146 valence electrons. The van der Waals surface area contributed by atoms with E-state index in [-0.39, 0.29) is 18.4 Å². The summed E-state index contributed by atoms with van der Waals surface area (Å²) in [5.74, 6) is -0.409. The standard InChI is InChI=1S/C19H26N4O3S/c1-14-18(15(2)23(21-14)17-9-5-4-6-10-17)12-20-19(24)16-8-7-11-22(13-16)27(3,25)26/h4-6,9-10,16H,7-8,11-13H2,1-3H3,(H,20,24). The van der Waals surface area contributed by atoms with Gasteiger partial charge in [0.05, 0.1) is 23.6 Å². The van der Waals surface area contributed by atoms with Crippen molar-refractivity contribution in [2.24, 2.45) is 5.92 Å². The third kappa shape index (κ3) is 4.39. The molecule has 1 saturated heterocycles. The maximum absolute atomic E-state index is 12.6. The van der Waals surface area contributed by atoms with Gasteiger partial charge in [-0.25, -0.2) is 17.4 Å². The van der Waals surface area contributed by atoms with Crippen molar-refractivity contribution in [1.29, 1.82) is 0 Å². The Morgan fingerprint density at radius 3 is 2.63 bits per heavy atom. The van der Waals surface area contributed by atoms with Gasteiger partial charge in [-0.05, 0) is 38.8 Å². The van der Waals surface area contributed by atoms with Crippen LogP contribution < -0.4 is 5.32 Å². The second-order valence-electron chi connectivity index (χ2n) is 7.07. The lowest BCUT2D eigenvalue weighted by Crippen LogP contribution is -2.44. The van der Waals surface area contributed by atoms with Gasteiger partial charge < -0.3 is 5.32 Å². The Balaban J connectivity index is 1.68. The largest absolute Gasteiger partial charge is 0.352 e. The van der Waals surface area contributed by atoms with Gasteiger partial charge >= 0.3 is 0 Å². The minimum Gasteiger partial charge on any atom is -0.352 e. The molecule has 1 aromatic carbocycles. The fourth-order valence-electron chi connectivity index (χ4n) is 3.53. The van der Waals surface area contributed by atoms with E-state index in [4.69, 9.17) is 0 Å². The molecule has 1 amide bonds. The maximum atomic E-state index is 12.6. The van der Waals surface area contributed by atoms with Gasteiger partial charge in [0, 0.05) is 30.9 Å². The van der Waals surface area contributed by atoms with Gasteiger partial charge in [-0.1, -0.05) is 18.2 Å². The van der Waals surface area contributed by atoms with Crippen molar-refractivity contribution in [2.45, 2.75) is 33.2 Å². The Kier molecular flexibility index (Phi) is 5.67. The van der Waals surface area contributed by atoms with E-state index in [9.17, 15) is 13.2 Å². The summed E-state index contributed by atoms with van der Waals surface area (Å²) >= 11 is 0. The lowest BCUT2D eigenvalue weighted by atomic mass is 9.98. The Bertz CT molecular complexity index is 922. The normalized spacial score (nSPS) is 18.4. The lowest BCUT2D eigenvalue weighted by Gasteiger charge is -2.30. The Morgan fingerprint density at radius 1 is 1.26 bits per heavy atom. The summed E-state index contributed by atoms with van der Waals surface area (Å²) < 4.78 is 26.8. The van der Waals surface area contributed by atoms with Crippen molar-refractivity contribution in [3.63, 3.8) is 0 Å². The third-order valence-corrected chi connectivity index (χ3v) is 6.37. The molecule has 1 N–H and O–H groups in total. The van der Waals surface area contributed by atoms with E-state index in [1.807, 2.05) is 48.9 Å². The minimum absolute atomic E-state index is 0.102. The van der Waals surface area contributed by atoms with E-state index in [0.717, 1.165) is 22.6 Å². The number of nitrogens with one attached hydrogen (secondary N) is 1. The number of benzene rings is 1. The summed E-state index contributed by atoms with van der Waals surface area (Å²) in [7, 11) is -3.26. The van der Waals surface area contributed by atoms with E-state index < -0.39 is 10.0 Å². The first-order chi connectivity index (χ1) is 12.8. The number of hydrogen-bond acceptors (Lipinski definition) is 4. The molecule has 1 aromatic heterocycles. The summed E-state index contributed by atoms with van der Waals surface area (Å²) in [6.45, 7) is 5.05. The number of amides is 1. The second kappa shape index (κ2) is 7.82. The monoisotopic (exact) mass is 390 g/mol. The van der Waals surface area contributed by atoms with Crippen LogP contribution >= 0.6 is 0 Å². The molecule has 0 aliphatic carbocycles. The first-order valence-electron chi connectivity index (χ1n) is 9.10. The molecule has 0 spiro atoms. The number of aromatic nitrogens is 2. The summed E-state index contributed by atoms with van der Waals surface area (Å²) in [5, 5.41) is 7.57. The van der Waals surface area contributed by atoms with Gasteiger partial charge in [0.2, 0.25) is 15.9 Å². The minimum atomic E-state index is -3.26. The number of rotatable bonds is 5. The molecule has 2 heterocycles. The lowest BCUT2D eigenvalue weighted by molar-refractivity contribution is -0.126. The third-order valence-electron chi connectivity index (χ3n) is 5.11. The summed E-state index contributed by atoms with van der Waals surface area (Å²) in [6, 6.07) is 9.86. The highest BCUT2D eigenvalue weighted by atomic mass is 32.2. The average Bonchev–Trinajstić information content (AvgIpc) is 2.94. The molecule has 8 heteroatoms. The first kappa shape index (κ1) is 19.6. The number of para-hydroxylation sites is 1. The van der Waals surface area contributed by atoms with Gasteiger partial charge in [-0.15, -0.1) is 0 Å². The predicted molar refractivity (Wildman–Crippen MR) is 104 cm³/mol. The van der Waals surface area contributed by atoms with Crippen LogP contribution in [-0.2, 0) is 21.4 Å². The zero-order chi connectivity index (χ0) is 19.6. The van der Waals surface area contributed by atoms with Gasteiger partial charge in [0.25, 0.3) is 0 Å². The second-order valence-corrected chi connectivity index (χ2v) is 9.06. The summed E-state index contributed by atoms with van der Waals surface area (Å²) in [5.41, 5.74) is 3.83. The zero-order valence-corrected chi connectivity index (χ0v) is 16.8. The molecular weight excluding hydrogens is 364 g/mol. The first-order valence-corrected chi connectivity index (χ1v) is 11.0. The number of hydrogen-bond donors (Lipinski definition) is 1. The molecule has 7 nitrogen and oxygen atoms in total. The van der Waals surface area contributed by atoms with Crippen molar-refractivity contribution in [3.8, 4) is 5.69 Å². The number of nitrogens with zero attached hydrogens (tertiary/aromatic N) is 3. The van der Waals surface area contributed by atoms with Gasteiger partial charge in [-0.3, -0.25) is 4.79 Å². The molecule has 1 fully saturated rings. The number of piperidine rings is 1. The Labute approximate surface area is 160 Å². The number of carbonyl (C=O) groups is 1. The highest BCUT2D eigenvalue weighted by Gasteiger charge is 2.30. The molecular formula is C19H26N4O3S. The molecule has 1 aliphatic heterocycles. The van der Waals surface area contributed by atoms with Crippen LogP contribution in [0.25, 0.3) is 5.69 Å².